The van der Waals surface area contributed by atoms with E-state index in [4.69, 9.17) is 32.7 Å². The molecule has 2 N–H and O–H groups in total. The van der Waals surface area contributed by atoms with Gasteiger partial charge in [-0.1, -0.05) is 32.1 Å². The maximum atomic E-state index is 9.48. The predicted octanol–water partition coefficient (Wildman–Crippen LogP) is 4.02. The molecule has 1 unspecified atom stereocenters. The quantitative estimate of drug-likeness (QED) is 0.567. The zero-order valence-corrected chi connectivity index (χ0v) is 17.3. The van der Waals surface area contributed by atoms with Gasteiger partial charge < -0.3 is 19.7 Å². The Morgan fingerprint density at radius 2 is 1.63 bits per heavy atom. The van der Waals surface area contributed by atoms with Gasteiger partial charge in [-0.25, -0.2) is 0 Å². The van der Waals surface area contributed by atoms with Crippen molar-refractivity contribution in [1.29, 1.82) is 0 Å². The van der Waals surface area contributed by atoms with Crippen LogP contribution in [0.2, 0.25) is 0 Å². The van der Waals surface area contributed by atoms with Gasteiger partial charge in [0.2, 0.25) is 0 Å². The molecule has 0 bridgehead atoms. The van der Waals surface area contributed by atoms with E-state index < -0.39 is 12.2 Å². The molecule has 1 aromatic carbocycles. The first-order valence-electron chi connectivity index (χ1n) is 9.09. The first-order chi connectivity index (χ1) is 12.9. The molecule has 1 aliphatic carbocycles. The van der Waals surface area contributed by atoms with E-state index in [1.165, 1.54) is 5.56 Å². The minimum absolute atomic E-state index is 0.0671. The van der Waals surface area contributed by atoms with Crippen LogP contribution in [0.4, 0.5) is 0 Å². The van der Waals surface area contributed by atoms with E-state index in [2.05, 4.69) is 38.1 Å². The summed E-state index contributed by atoms with van der Waals surface area (Å²) in [5.41, 5.74) is 1.14. The fourth-order valence-electron chi connectivity index (χ4n) is 2.91. The zero-order valence-electron chi connectivity index (χ0n) is 15.8. The Bertz CT molecular complexity index is 640. The summed E-state index contributed by atoms with van der Waals surface area (Å²) in [6.07, 6.45) is 5.71. The van der Waals surface area contributed by atoms with Crippen LogP contribution in [0.5, 0.6) is 5.75 Å². The SMILES string of the molecule is CC(C)(c1ccc(OC[C@@H](O)CCl)cc1)C1C=CC(OC[C@@H](O)CCl)=CC1. The van der Waals surface area contributed by atoms with Gasteiger partial charge in [0.1, 0.15) is 36.9 Å². The fourth-order valence-corrected chi connectivity index (χ4v) is 3.09. The second-order valence-electron chi connectivity index (χ2n) is 7.29. The van der Waals surface area contributed by atoms with Crippen molar-refractivity contribution in [3.8, 4) is 5.75 Å². The number of allylic oxidation sites excluding steroid dienone is 3. The highest BCUT2D eigenvalue weighted by Crippen LogP contribution is 2.38. The van der Waals surface area contributed by atoms with Crippen LogP contribution in [-0.2, 0) is 10.2 Å². The van der Waals surface area contributed by atoms with Crippen molar-refractivity contribution >= 4 is 23.2 Å². The molecule has 0 fully saturated rings. The molecule has 27 heavy (non-hydrogen) atoms. The van der Waals surface area contributed by atoms with Gasteiger partial charge in [-0.2, -0.15) is 0 Å². The smallest absolute Gasteiger partial charge is 0.119 e. The van der Waals surface area contributed by atoms with Gasteiger partial charge in [-0.3, -0.25) is 0 Å². The number of hydrogen-bond donors (Lipinski definition) is 2. The summed E-state index contributed by atoms with van der Waals surface area (Å²) in [4.78, 5) is 0. The molecule has 4 nitrogen and oxygen atoms in total. The summed E-state index contributed by atoms with van der Waals surface area (Å²) in [6.45, 7) is 4.81. The topological polar surface area (TPSA) is 58.9 Å². The average molecular weight is 415 g/mol. The molecule has 0 aromatic heterocycles. The molecule has 3 atom stereocenters. The van der Waals surface area contributed by atoms with E-state index >= 15 is 0 Å². The molecular weight excluding hydrogens is 387 g/mol. The normalized spacial score (nSPS) is 19.3. The van der Waals surface area contributed by atoms with Gasteiger partial charge in [0.15, 0.2) is 0 Å². The summed E-state index contributed by atoms with van der Waals surface area (Å²) in [5.74, 6) is 2.13. The third-order valence-electron chi connectivity index (χ3n) is 4.83. The van der Waals surface area contributed by atoms with E-state index in [1.807, 2.05) is 18.2 Å². The molecule has 0 saturated heterocycles. The molecule has 6 heteroatoms. The van der Waals surface area contributed by atoms with Gasteiger partial charge in [-0.05, 0) is 47.6 Å². The molecular formula is C21H28Cl2O4. The lowest BCUT2D eigenvalue weighted by atomic mass is 9.71. The van der Waals surface area contributed by atoms with Crippen LogP contribution >= 0.6 is 23.2 Å². The third-order valence-corrected chi connectivity index (χ3v) is 5.54. The number of ether oxygens (including phenoxy) is 2. The number of halogens is 2. The van der Waals surface area contributed by atoms with Crippen molar-refractivity contribution in [1.82, 2.24) is 0 Å². The number of rotatable bonds is 10. The highest BCUT2D eigenvalue weighted by atomic mass is 35.5. The molecule has 150 valence electrons. The molecule has 2 rings (SSSR count). The standard InChI is InChI=1S/C21H28Cl2O4/c1-21(2,15-3-7-19(8-4-15)26-13-17(24)11-22)16-5-9-20(10-6-16)27-14-18(25)12-23/h3-5,7-10,16-18,24-25H,6,11-14H2,1-2H3/t16?,17-,18-/m0/s1. The molecule has 0 heterocycles. The van der Waals surface area contributed by atoms with Crippen LogP contribution in [0.25, 0.3) is 0 Å². The van der Waals surface area contributed by atoms with Crippen LogP contribution < -0.4 is 4.74 Å². The predicted molar refractivity (Wildman–Crippen MR) is 110 cm³/mol. The molecule has 1 aliphatic rings. The summed E-state index contributed by atoms with van der Waals surface area (Å²) >= 11 is 11.2. The first kappa shape index (κ1) is 22.1. The van der Waals surface area contributed by atoms with Crippen LogP contribution in [0.3, 0.4) is 0 Å². The first-order valence-corrected chi connectivity index (χ1v) is 10.2. The lowest BCUT2D eigenvalue weighted by molar-refractivity contribution is 0.0893. The van der Waals surface area contributed by atoms with Gasteiger partial charge >= 0.3 is 0 Å². The van der Waals surface area contributed by atoms with Crippen LogP contribution in [0, 0.1) is 5.92 Å². The number of aliphatic hydroxyl groups is 2. The van der Waals surface area contributed by atoms with E-state index in [9.17, 15) is 10.2 Å². The Morgan fingerprint density at radius 1 is 1.04 bits per heavy atom. The lowest BCUT2D eigenvalue weighted by Gasteiger charge is -2.34. The molecule has 0 amide bonds. The van der Waals surface area contributed by atoms with Crippen LogP contribution in [0.15, 0.2) is 48.3 Å². The highest BCUT2D eigenvalue weighted by Gasteiger charge is 2.30. The molecule has 1 aromatic rings. The van der Waals surface area contributed by atoms with E-state index in [0.717, 1.165) is 12.2 Å². The lowest BCUT2D eigenvalue weighted by Crippen LogP contribution is -2.28. The largest absolute Gasteiger partial charge is 0.491 e. The average Bonchev–Trinajstić information content (AvgIpc) is 2.70. The Hall–Kier alpha value is -1.20. The van der Waals surface area contributed by atoms with E-state index in [0.29, 0.717) is 11.7 Å². The van der Waals surface area contributed by atoms with E-state index in [1.54, 1.807) is 0 Å². The molecule has 0 radical (unpaired) electrons. The van der Waals surface area contributed by atoms with Gasteiger partial charge in [0.25, 0.3) is 0 Å². The summed E-state index contributed by atoms with van der Waals surface area (Å²) in [7, 11) is 0. The Labute approximate surface area is 171 Å². The van der Waals surface area contributed by atoms with Crippen molar-refractivity contribution < 1.29 is 19.7 Å². The van der Waals surface area contributed by atoms with Crippen LogP contribution in [-0.4, -0.2) is 47.4 Å². The fraction of sp³-hybridized carbons (Fsp3) is 0.524. The minimum atomic E-state index is -0.663. The Balaban J connectivity index is 1.94. The monoisotopic (exact) mass is 414 g/mol. The van der Waals surface area contributed by atoms with E-state index in [-0.39, 0.29) is 30.4 Å². The van der Waals surface area contributed by atoms with Gasteiger partial charge in [-0.15, -0.1) is 23.2 Å². The second-order valence-corrected chi connectivity index (χ2v) is 7.91. The van der Waals surface area contributed by atoms with Crippen molar-refractivity contribution in [3.05, 3.63) is 53.8 Å². The van der Waals surface area contributed by atoms with Gasteiger partial charge in [0.05, 0.1) is 11.8 Å². The number of alkyl halides is 2. The maximum Gasteiger partial charge on any atom is 0.119 e. The minimum Gasteiger partial charge on any atom is -0.491 e. The van der Waals surface area contributed by atoms with Crippen molar-refractivity contribution in [3.63, 3.8) is 0 Å². The molecule has 0 saturated carbocycles. The summed E-state index contributed by atoms with van der Waals surface area (Å²) in [5, 5.41) is 19.0. The van der Waals surface area contributed by atoms with Crippen molar-refractivity contribution in [2.45, 2.75) is 37.9 Å². The number of hydrogen-bond acceptors (Lipinski definition) is 4. The van der Waals surface area contributed by atoms with Gasteiger partial charge in [0, 0.05) is 0 Å². The second kappa shape index (κ2) is 10.4. The number of aliphatic hydroxyl groups excluding tert-OH is 2. The van der Waals surface area contributed by atoms with Crippen molar-refractivity contribution in [2.75, 3.05) is 25.0 Å². The summed E-state index contributed by atoms with van der Waals surface area (Å²) < 4.78 is 11.1. The number of benzene rings is 1. The molecule has 0 spiro atoms. The Kier molecular flexibility index (Phi) is 8.49. The van der Waals surface area contributed by atoms with Crippen LogP contribution in [0.1, 0.15) is 25.8 Å². The maximum absolute atomic E-state index is 9.48. The highest BCUT2D eigenvalue weighted by molar-refractivity contribution is 6.18. The Morgan fingerprint density at radius 3 is 2.15 bits per heavy atom. The summed E-state index contributed by atoms with van der Waals surface area (Å²) in [6, 6.07) is 7.95. The zero-order chi connectivity index (χ0) is 19.9. The molecule has 0 aliphatic heterocycles. The van der Waals surface area contributed by atoms with Crippen molar-refractivity contribution in [2.24, 2.45) is 5.92 Å². The third kappa shape index (κ3) is 6.42.